The van der Waals surface area contributed by atoms with Gasteiger partial charge in [0, 0.05) is 4.88 Å². The lowest BCUT2D eigenvalue weighted by Crippen LogP contribution is -2.33. The maximum Gasteiger partial charge on any atom is 0.326 e. The van der Waals surface area contributed by atoms with Crippen molar-refractivity contribution in [1.29, 1.82) is 0 Å². The number of hydrogen-bond donors (Lipinski definition) is 1. The van der Waals surface area contributed by atoms with Crippen LogP contribution in [0.4, 0.5) is 0 Å². The molecule has 0 radical (unpaired) electrons. The second-order valence-corrected chi connectivity index (χ2v) is 6.82. The lowest BCUT2D eigenvalue weighted by Gasteiger charge is -2.10. The smallest absolute Gasteiger partial charge is 0.326 e. The minimum atomic E-state index is -1.06. The summed E-state index contributed by atoms with van der Waals surface area (Å²) in [6.45, 7) is 1.01. The number of methoxy groups -OCH3 is 1. The van der Waals surface area contributed by atoms with Gasteiger partial charge < -0.3 is 15.2 Å². The fraction of sp³-hybridized carbons (Fsp3) is 0.222. The van der Waals surface area contributed by atoms with Crippen molar-refractivity contribution < 1.29 is 19.1 Å². The van der Waals surface area contributed by atoms with E-state index >= 15 is 0 Å². The molecule has 1 amide bonds. The molecule has 0 spiro atoms. The van der Waals surface area contributed by atoms with Gasteiger partial charge in [0.25, 0.3) is 11.5 Å². The van der Waals surface area contributed by atoms with Crippen molar-refractivity contribution in [1.82, 2.24) is 9.55 Å². The molecule has 1 aromatic carbocycles. The molecule has 140 valence electrons. The van der Waals surface area contributed by atoms with Gasteiger partial charge in [-0.05, 0) is 42.8 Å². The number of carbonyl (C=O) groups excluding carboxylic acids is 2. The molecular weight excluding hydrogens is 370 g/mol. The Morgan fingerprint density at radius 3 is 2.63 bits per heavy atom. The second-order valence-electron chi connectivity index (χ2n) is 5.77. The number of primary amides is 1. The Labute approximate surface area is 158 Å². The van der Waals surface area contributed by atoms with Crippen molar-refractivity contribution in [2.75, 3.05) is 7.11 Å². The maximum absolute atomic E-state index is 12.6. The van der Waals surface area contributed by atoms with Gasteiger partial charge in [-0.25, -0.2) is 4.98 Å². The van der Waals surface area contributed by atoms with Crippen LogP contribution >= 0.6 is 11.3 Å². The fourth-order valence-corrected chi connectivity index (χ4v) is 3.45. The van der Waals surface area contributed by atoms with Gasteiger partial charge in [0.05, 0.1) is 19.0 Å². The molecule has 9 heteroatoms. The van der Waals surface area contributed by atoms with Crippen LogP contribution in [-0.4, -0.2) is 34.6 Å². The number of benzene rings is 1. The zero-order valence-electron chi connectivity index (χ0n) is 14.7. The fourth-order valence-electron chi connectivity index (χ4n) is 2.39. The second kappa shape index (κ2) is 7.58. The molecule has 0 fully saturated rings. The van der Waals surface area contributed by atoms with Crippen molar-refractivity contribution in [2.45, 2.75) is 19.6 Å². The van der Waals surface area contributed by atoms with E-state index in [0.717, 1.165) is 20.8 Å². The van der Waals surface area contributed by atoms with Gasteiger partial charge in [0.15, 0.2) is 6.10 Å². The first-order valence-corrected chi connectivity index (χ1v) is 8.83. The van der Waals surface area contributed by atoms with E-state index < -0.39 is 18.0 Å². The number of carbonyl (C=O) groups is 2. The van der Waals surface area contributed by atoms with Gasteiger partial charge in [-0.15, -0.1) is 11.3 Å². The average Bonchev–Trinajstić information content (AvgIpc) is 3.09. The highest BCUT2D eigenvalue weighted by atomic mass is 32.1. The van der Waals surface area contributed by atoms with Crippen LogP contribution in [0.1, 0.15) is 6.92 Å². The highest BCUT2D eigenvalue weighted by molar-refractivity contribution is 7.22. The lowest BCUT2D eigenvalue weighted by atomic mass is 10.2. The number of ether oxygens (including phenoxy) is 2. The molecule has 27 heavy (non-hydrogen) atoms. The van der Waals surface area contributed by atoms with Crippen molar-refractivity contribution >= 4 is 33.4 Å². The summed E-state index contributed by atoms with van der Waals surface area (Å²) in [7, 11) is 1.59. The SMILES string of the molecule is COc1ccc(-c2cc3ncn(CC(=O)O[C@H](C)C(N)=O)c(=O)c3s2)cc1. The summed E-state index contributed by atoms with van der Waals surface area (Å²) in [6.07, 6.45) is 0.221. The zero-order chi connectivity index (χ0) is 19.6. The standard InChI is InChI=1S/C18H17N3O5S/c1-10(17(19)23)26-15(22)8-21-9-20-13-7-14(27-16(13)18(21)24)11-3-5-12(25-2)6-4-11/h3-7,9-10H,8H2,1-2H3,(H2,19,23)/t10-/m1/s1. The van der Waals surface area contributed by atoms with E-state index in [1.165, 1.54) is 24.6 Å². The number of thiophene rings is 1. The topological polar surface area (TPSA) is 114 Å². The Morgan fingerprint density at radius 2 is 2.00 bits per heavy atom. The van der Waals surface area contributed by atoms with E-state index in [1.54, 1.807) is 7.11 Å². The maximum atomic E-state index is 12.6. The van der Waals surface area contributed by atoms with E-state index in [4.69, 9.17) is 15.2 Å². The molecular formula is C18H17N3O5S. The number of fused-ring (bicyclic) bond motifs is 1. The van der Waals surface area contributed by atoms with Crippen molar-refractivity contribution in [2.24, 2.45) is 5.73 Å². The molecule has 8 nitrogen and oxygen atoms in total. The lowest BCUT2D eigenvalue weighted by molar-refractivity contribution is -0.154. The average molecular weight is 387 g/mol. The molecule has 1 atom stereocenters. The van der Waals surface area contributed by atoms with Crippen molar-refractivity contribution in [3.8, 4) is 16.2 Å². The number of aromatic nitrogens is 2. The van der Waals surface area contributed by atoms with Crippen LogP contribution in [0.5, 0.6) is 5.75 Å². The molecule has 3 rings (SSSR count). The Bertz CT molecular complexity index is 1060. The zero-order valence-corrected chi connectivity index (χ0v) is 15.5. The summed E-state index contributed by atoms with van der Waals surface area (Å²) >= 11 is 1.29. The number of esters is 1. The summed E-state index contributed by atoms with van der Waals surface area (Å²) in [4.78, 5) is 40.6. The summed E-state index contributed by atoms with van der Waals surface area (Å²) in [5.41, 5.74) is 6.18. The number of amides is 1. The molecule has 0 saturated heterocycles. The molecule has 0 saturated carbocycles. The number of rotatable bonds is 6. The minimum absolute atomic E-state index is 0.352. The summed E-state index contributed by atoms with van der Waals surface area (Å²) in [5.74, 6) is -0.757. The van der Waals surface area contributed by atoms with E-state index in [9.17, 15) is 14.4 Å². The number of nitrogens with two attached hydrogens (primary N) is 1. The van der Waals surface area contributed by atoms with Gasteiger partial charge in [-0.3, -0.25) is 19.0 Å². The van der Waals surface area contributed by atoms with Gasteiger partial charge in [0.1, 0.15) is 17.0 Å². The first kappa shape index (κ1) is 18.6. The molecule has 2 aromatic heterocycles. The molecule has 2 N–H and O–H groups in total. The molecule has 3 aromatic rings. The summed E-state index contributed by atoms with van der Waals surface area (Å²) in [6, 6.07) is 9.28. The predicted octanol–water partition coefficient (Wildman–Crippen LogP) is 1.55. The first-order valence-electron chi connectivity index (χ1n) is 8.01. The van der Waals surface area contributed by atoms with Gasteiger partial charge in [-0.2, -0.15) is 0 Å². The summed E-state index contributed by atoms with van der Waals surface area (Å²) in [5, 5.41) is 0. The Balaban J connectivity index is 1.87. The third-order valence-electron chi connectivity index (χ3n) is 3.89. The molecule has 0 aliphatic heterocycles. The molecule has 0 aliphatic rings. The van der Waals surface area contributed by atoms with Crippen LogP contribution < -0.4 is 16.0 Å². The van der Waals surface area contributed by atoms with Gasteiger partial charge >= 0.3 is 5.97 Å². The van der Waals surface area contributed by atoms with Gasteiger partial charge in [0.2, 0.25) is 0 Å². The van der Waals surface area contributed by atoms with E-state index in [-0.39, 0.29) is 12.1 Å². The molecule has 2 heterocycles. The highest BCUT2D eigenvalue weighted by Gasteiger charge is 2.17. The quantitative estimate of drug-likeness (QED) is 0.642. The van der Waals surface area contributed by atoms with Crippen LogP contribution in [0.25, 0.3) is 20.7 Å². The van der Waals surface area contributed by atoms with E-state index in [0.29, 0.717) is 10.2 Å². The number of nitrogens with zero attached hydrogens (tertiary/aromatic N) is 2. The predicted molar refractivity (Wildman–Crippen MR) is 101 cm³/mol. The van der Waals surface area contributed by atoms with Crippen LogP contribution in [0.15, 0.2) is 41.5 Å². The first-order chi connectivity index (χ1) is 12.9. The van der Waals surface area contributed by atoms with Crippen LogP contribution in [0, 0.1) is 0 Å². The third-order valence-corrected chi connectivity index (χ3v) is 5.05. The Hall–Kier alpha value is -3.20. The minimum Gasteiger partial charge on any atom is -0.497 e. The van der Waals surface area contributed by atoms with Crippen LogP contribution in [0.3, 0.4) is 0 Å². The monoisotopic (exact) mass is 387 g/mol. The number of hydrogen-bond acceptors (Lipinski definition) is 7. The largest absolute Gasteiger partial charge is 0.497 e. The third kappa shape index (κ3) is 3.98. The van der Waals surface area contributed by atoms with E-state index in [1.807, 2.05) is 30.3 Å². The van der Waals surface area contributed by atoms with Crippen LogP contribution in [0.2, 0.25) is 0 Å². The normalized spacial score (nSPS) is 11.9. The Morgan fingerprint density at radius 1 is 1.30 bits per heavy atom. The summed E-state index contributed by atoms with van der Waals surface area (Å²) < 4.78 is 11.6. The van der Waals surface area contributed by atoms with Crippen molar-refractivity contribution in [3.63, 3.8) is 0 Å². The molecule has 0 unspecified atom stereocenters. The Kier molecular flexibility index (Phi) is 5.22. The molecule has 0 bridgehead atoms. The van der Waals surface area contributed by atoms with Crippen molar-refractivity contribution in [3.05, 3.63) is 47.0 Å². The van der Waals surface area contributed by atoms with Crippen LogP contribution in [-0.2, 0) is 20.9 Å². The highest BCUT2D eigenvalue weighted by Crippen LogP contribution is 2.31. The van der Waals surface area contributed by atoms with Gasteiger partial charge in [-0.1, -0.05) is 0 Å². The molecule has 0 aliphatic carbocycles. The van der Waals surface area contributed by atoms with E-state index in [2.05, 4.69) is 4.98 Å².